The van der Waals surface area contributed by atoms with Crippen molar-refractivity contribution in [2.75, 3.05) is 0 Å². The van der Waals surface area contributed by atoms with E-state index in [1.54, 1.807) is 12.1 Å². The summed E-state index contributed by atoms with van der Waals surface area (Å²) in [7, 11) is 0. The maximum absolute atomic E-state index is 12.5. The fourth-order valence-corrected chi connectivity index (χ4v) is 1.74. The minimum absolute atomic E-state index is 0.118. The Morgan fingerprint density at radius 3 is 2.68 bits per heavy atom. The Morgan fingerprint density at radius 2 is 2.16 bits per heavy atom. The van der Waals surface area contributed by atoms with Gasteiger partial charge in [-0.2, -0.15) is 18.4 Å². The van der Waals surface area contributed by atoms with E-state index in [-0.39, 0.29) is 6.42 Å². The van der Waals surface area contributed by atoms with E-state index in [0.717, 1.165) is 0 Å². The summed E-state index contributed by atoms with van der Waals surface area (Å²) in [5.74, 6) is -0.528. The number of benzene rings is 1. The Bertz CT molecular complexity index is 491. The number of hydrogen-bond donors (Lipinski definition) is 1. The molecule has 1 amide bonds. The highest BCUT2D eigenvalue weighted by molar-refractivity contribution is 5.73. The van der Waals surface area contributed by atoms with Crippen LogP contribution >= 0.6 is 0 Å². The zero-order chi connectivity index (χ0) is 14.5. The molecule has 3 nitrogen and oxygen atoms in total. The van der Waals surface area contributed by atoms with Crippen LogP contribution in [0.3, 0.4) is 0 Å². The van der Waals surface area contributed by atoms with Gasteiger partial charge in [-0.05, 0) is 11.1 Å². The molecular weight excluding hydrogens is 257 g/mol. The molecule has 6 heteroatoms. The highest BCUT2D eigenvalue weighted by Crippen LogP contribution is 2.29. The monoisotopic (exact) mass is 270 g/mol. The second-order valence-electron chi connectivity index (χ2n) is 4.15. The van der Waals surface area contributed by atoms with E-state index in [1.165, 1.54) is 19.1 Å². The van der Waals surface area contributed by atoms with Crippen LogP contribution in [0.1, 0.15) is 30.5 Å². The normalized spacial score (nSPS) is 12.6. The number of carbonyl (C=O) groups is 1. The average molecular weight is 270 g/mol. The Labute approximate surface area is 109 Å². The number of rotatable bonds is 4. The molecule has 1 N–H and O–H groups in total. The molecule has 0 aliphatic rings. The molecule has 1 unspecified atom stereocenters. The number of amides is 1. The molecule has 19 heavy (non-hydrogen) atoms. The van der Waals surface area contributed by atoms with Gasteiger partial charge in [-0.1, -0.05) is 24.3 Å². The van der Waals surface area contributed by atoms with E-state index in [4.69, 9.17) is 5.26 Å². The summed E-state index contributed by atoms with van der Waals surface area (Å²) >= 11 is 0. The predicted octanol–water partition coefficient (Wildman–Crippen LogP) is 2.88. The Balaban J connectivity index is 2.99. The third kappa shape index (κ3) is 5.42. The SMILES string of the molecule is CC(=O)NC(CC(F)(F)F)c1cccc(CC#N)c1. The van der Waals surface area contributed by atoms with E-state index in [9.17, 15) is 18.0 Å². The van der Waals surface area contributed by atoms with Crippen LogP contribution < -0.4 is 5.32 Å². The zero-order valence-corrected chi connectivity index (χ0v) is 10.3. The van der Waals surface area contributed by atoms with Crippen LogP contribution in [0, 0.1) is 11.3 Å². The predicted molar refractivity (Wildman–Crippen MR) is 63.0 cm³/mol. The van der Waals surface area contributed by atoms with E-state index < -0.39 is 24.5 Å². The van der Waals surface area contributed by atoms with Crippen molar-refractivity contribution in [3.05, 3.63) is 35.4 Å². The van der Waals surface area contributed by atoms with Crippen LogP contribution in [0.25, 0.3) is 0 Å². The maximum Gasteiger partial charge on any atom is 0.391 e. The average Bonchev–Trinajstić information content (AvgIpc) is 2.26. The van der Waals surface area contributed by atoms with Gasteiger partial charge in [0, 0.05) is 6.92 Å². The standard InChI is InChI=1S/C13H13F3N2O/c1-9(19)18-12(8-13(14,15)16)11-4-2-3-10(7-11)5-6-17/h2-4,7,12H,5,8H2,1H3,(H,18,19). The molecule has 0 aliphatic carbocycles. The van der Waals surface area contributed by atoms with Crippen LogP contribution in [-0.4, -0.2) is 12.1 Å². The number of nitrogens with one attached hydrogen (secondary N) is 1. The topological polar surface area (TPSA) is 52.9 Å². The van der Waals surface area contributed by atoms with Gasteiger partial charge in [0.05, 0.1) is 25.0 Å². The molecule has 0 saturated heterocycles. The molecule has 0 aliphatic heterocycles. The molecule has 0 heterocycles. The first-order valence-electron chi connectivity index (χ1n) is 5.61. The van der Waals surface area contributed by atoms with E-state index in [0.29, 0.717) is 11.1 Å². The molecule has 1 aromatic carbocycles. The van der Waals surface area contributed by atoms with Gasteiger partial charge in [0.15, 0.2) is 0 Å². The highest BCUT2D eigenvalue weighted by Gasteiger charge is 2.33. The van der Waals surface area contributed by atoms with Crippen molar-refractivity contribution in [3.8, 4) is 6.07 Å². The summed E-state index contributed by atoms with van der Waals surface area (Å²) in [5, 5.41) is 10.9. The van der Waals surface area contributed by atoms with Gasteiger partial charge in [-0.25, -0.2) is 0 Å². The first-order chi connectivity index (χ1) is 8.81. The van der Waals surface area contributed by atoms with Gasteiger partial charge in [0.2, 0.25) is 5.91 Å². The molecule has 1 aromatic rings. The number of alkyl halides is 3. The van der Waals surface area contributed by atoms with Crippen molar-refractivity contribution >= 4 is 5.91 Å². The third-order valence-electron chi connectivity index (χ3n) is 2.45. The van der Waals surface area contributed by atoms with Gasteiger partial charge < -0.3 is 5.32 Å². The van der Waals surface area contributed by atoms with Gasteiger partial charge in [0.1, 0.15) is 0 Å². The smallest absolute Gasteiger partial charge is 0.349 e. The van der Waals surface area contributed by atoms with E-state index in [1.807, 2.05) is 6.07 Å². The molecule has 1 rings (SSSR count). The van der Waals surface area contributed by atoms with Crippen molar-refractivity contribution in [2.45, 2.75) is 32.0 Å². The second-order valence-corrected chi connectivity index (χ2v) is 4.15. The minimum Gasteiger partial charge on any atom is -0.349 e. The summed E-state index contributed by atoms with van der Waals surface area (Å²) in [6.07, 6.45) is -5.40. The number of hydrogen-bond acceptors (Lipinski definition) is 2. The van der Waals surface area contributed by atoms with E-state index in [2.05, 4.69) is 5.32 Å². The summed E-state index contributed by atoms with van der Waals surface area (Å²) in [6.45, 7) is 1.17. The molecule has 0 saturated carbocycles. The van der Waals surface area contributed by atoms with Crippen molar-refractivity contribution in [1.82, 2.24) is 5.32 Å². The maximum atomic E-state index is 12.5. The number of halogens is 3. The quantitative estimate of drug-likeness (QED) is 0.914. The minimum atomic E-state index is -4.38. The molecule has 0 fully saturated rings. The van der Waals surface area contributed by atoms with Gasteiger partial charge >= 0.3 is 6.18 Å². The number of nitrogens with zero attached hydrogens (tertiary/aromatic N) is 1. The molecule has 1 atom stereocenters. The van der Waals surface area contributed by atoms with Crippen LogP contribution in [0.5, 0.6) is 0 Å². The molecule has 102 valence electrons. The Hall–Kier alpha value is -2.03. The highest BCUT2D eigenvalue weighted by atomic mass is 19.4. The van der Waals surface area contributed by atoms with Crippen LogP contribution in [0.15, 0.2) is 24.3 Å². The lowest BCUT2D eigenvalue weighted by Crippen LogP contribution is -2.30. The Kier molecular flexibility index (Phi) is 4.93. The van der Waals surface area contributed by atoms with Crippen molar-refractivity contribution in [3.63, 3.8) is 0 Å². The lowest BCUT2D eigenvalue weighted by molar-refractivity contribution is -0.142. The van der Waals surface area contributed by atoms with Crippen molar-refractivity contribution < 1.29 is 18.0 Å². The fourth-order valence-electron chi connectivity index (χ4n) is 1.74. The summed E-state index contributed by atoms with van der Waals surface area (Å²) in [4.78, 5) is 11.0. The molecule has 0 spiro atoms. The molecular formula is C13H13F3N2O. The summed E-state index contributed by atoms with van der Waals surface area (Å²) in [6, 6.07) is 7.05. The Morgan fingerprint density at radius 1 is 1.47 bits per heavy atom. The second kappa shape index (κ2) is 6.23. The lowest BCUT2D eigenvalue weighted by atomic mass is 10.00. The summed E-state index contributed by atoms with van der Waals surface area (Å²) < 4.78 is 37.5. The molecule has 0 aromatic heterocycles. The van der Waals surface area contributed by atoms with Crippen molar-refractivity contribution in [1.29, 1.82) is 5.26 Å². The van der Waals surface area contributed by atoms with Crippen LogP contribution in [-0.2, 0) is 11.2 Å². The number of nitriles is 1. The molecule has 0 radical (unpaired) electrons. The lowest BCUT2D eigenvalue weighted by Gasteiger charge is -2.20. The molecule has 0 bridgehead atoms. The van der Waals surface area contributed by atoms with E-state index >= 15 is 0 Å². The first-order valence-corrected chi connectivity index (χ1v) is 5.61. The largest absolute Gasteiger partial charge is 0.391 e. The fraction of sp³-hybridized carbons (Fsp3) is 0.385. The van der Waals surface area contributed by atoms with Crippen molar-refractivity contribution in [2.24, 2.45) is 0 Å². The van der Waals surface area contributed by atoms with Gasteiger partial charge in [-0.15, -0.1) is 0 Å². The summed E-state index contributed by atoms with van der Waals surface area (Å²) in [5.41, 5.74) is 0.970. The zero-order valence-electron chi connectivity index (χ0n) is 10.3. The van der Waals surface area contributed by atoms with Gasteiger partial charge in [0.25, 0.3) is 0 Å². The van der Waals surface area contributed by atoms with Gasteiger partial charge in [-0.3, -0.25) is 4.79 Å². The first kappa shape index (κ1) is 15.0. The van der Waals surface area contributed by atoms with Crippen LogP contribution in [0.4, 0.5) is 13.2 Å². The number of carbonyl (C=O) groups excluding carboxylic acids is 1. The third-order valence-corrected chi connectivity index (χ3v) is 2.45. The van der Waals surface area contributed by atoms with Crippen LogP contribution in [0.2, 0.25) is 0 Å².